The number of benzene rings is 1. The first-order valence-corrected chi connectivity index (χ1v) is 8.12. The van der Waals surface area contributed by atoms with Gasteiger partial charge in [0.2, 0.25) is 10.0 Å². The van der Waals surface area contributed by atoms with Crippen LogP contribution in [0.25, 0.3) is 0 Å². The molecule has 8 heteroatoms. The van der Waals surface area contributed by atoms with Gasteiger partial charge in [0.1, 0.15) is 0 Å². The topological polar surface area (TPSA) is 99.1 Å². The lowest BCUT2D eigenvalue weighted by Gasteiger charge is -2.09. The third-order valence-corrected chi connectivity index (χ3v) is 5.31. The number of nitrogen functional groups attached to an aromatic ring is 1. The quantitative estimate of drug-likeness (QED) is 0.843. The van der Waals surface area contributed by atoms with Crippen LogP contribution in [0, 0.1) is 6.92 Å². The summed E-state index contributed by atoms with van der Waals surface area (Å²) in [7, 11) is -3.77. The van der Waals surface area contributed by atoms with E-state index in [4.69, 9.17) is 10.9 Å². The van der Waals surface area contributed by atoms with Gasteiger partial charge in [-0.25, -0.2) is 18.5 Å². The molecule has 0 spiro atoms. The van der Waals surface area contributed by atoms with E-state index < -0.39 is 10.0 Å². The Labute approximate surface area is 113 Å². The van der Waals surface area contributed by atoms with Gasteiger partial charge in [0.15, 0.2) is 4.34 Å². The molecule has 0 amide bonds. The van der Waals surface area contributed by atoms with E-state index in [-0.39, 0.29) is 4.90 Å². The first-order valence-electron chi connectivity index (χ1n) is 4.88. The largest absolute Gasteiger partial charge is 0.399 e. The maximum Gasteiger partial charge on any atom is 0.238 e. The van der Waals surface area contributed by atoms with Crippen LogP contribution < -0.4 is 10.9 Å². The van der Waals surface area contributed by atoms with E-state index >= 15 is 0 Å². The second-order valence-corrected chi connectivity index (χ2v) is 7.30. The highest BCUT2D eigenvalue weighted by Crippen LogP contribution is 2.35. The van der Waals surface area contributed by atoms with Crippen LogP contribution in [0.15, 0.2) is 37.8 Å². The Balaban J connectivity index is 2.52. The molecular weight excluding hydrogens is 290 g/mol. The standard InChI is InChI=1S/C10H11N3O2S3/c1-6-8(17-10-13-2-3-16-10)4-7(11)5-9(6)18(12,14)15/h2-5H,11H2,1H3,(H2,12,14,15). The lowest BCUT2D eigenvalue weighted by molar-refractivity contribution is 0.597. The van der Waals surface area contributed by atoms with Crippen LogP contribution in [0.5, 0.6) is 0 Å². The lowest BCUT2D eigenvalue weighted by atomic mass is 10.2. The molecule has 0 saturated heterocycles. The van der Waals surface area contributed by atoms with E-state index in [1.165, 1.54) is 29.2 Å². The summed E-state index contributed by atoms with van der Waals surface area (Å²) in [6, 6.07) is 3.09. The van der Waals surface area contributed by atoms with Crippen LogP contribution >= 0.6 is 23.1 Å². The molecule has 0 aliphatic heterocycles. The van der Waals surface area contributed by atoms with Gasteiger partial charge in [-0.3, -0.25) is 0 Å². The Kier molecular flexibility index (Phi) is 3.62. The van der Waals surface area contributed by atoms with Crippen molar-refractivity contribution in [2.45, 2.75) is 21.1 Å². The predicted molar refractivity (Wildman–Crippen MR) is 73.2 cm³/mol. The molecular formula is C10H11N3O2S3. The first-order chi connectivity index (χ1) is 8.38. The van der Waals surface area contributed by atoms with Crippen LogP contribution in [0.3, 0.4) is 0 Å². The summed E-state index contributed by atoms with van der Waals surface area (Å²) in [5.41, 5.74) is 6.66. The number of hydrogen-bond donors (Lipinski definition) is 2. The molecule has 0 aliphatic carbocycles. The minimum absolute atomic E-state index is 0.0570. The molecule has 2 rings (SSSR count). The molecule has 5 nitrogen and oxygen atoms in total. The third kappa shape index (κ3) is 2.83. The fourth-order valence-corrected chi connectivity index (χ4v) is 4.09. The SMILES string of the molecule is Cc1c(Sc2nccs2)cc(N)cc1S(N)(=O)=O. The van der Waals surface area contributed by atoms with Crippen molar-refractivity contribution in [1.29, 1.82) is 0 Å². The van der Waals surface area contributed by atoms with Crippen molar-refractivity contribution in [2.75, 3.05) is 5.73 Å². The van der Waals surface area contributed by atoms with Crippen LogP contribution in [-0.2, 0) is 10.0 Å². The molecule has 96 valence electrons. The van der Waals surface area contributed by atoms with Gasteiger partial charge in [-0.05, 0) is 24.6 Å². The number of sulfonamides is 1. The molecule has 0 saturated carbocycles. The average molecular weight is 301 g/mol. The summed E-state index contributed by atoms with van der Waals surface area (Å²) in [5.74, 6) is 0. The molecule has 1 heterocycles. The fraction of sp³-hybridized carbons (Fsp3) is 0.100. The molecule has 2 aromatic rings. The summed E-state index contributed by atoms with van der Waals surface area (Å²) in [5, 5.41) is 7.01. The van der Waals surface area contributed by atoms with E-state index in [0.29, 0.717) is 11.3 Å². The Morgan fingerprint density at radius 1 is 1.39 bits per heavy atom. The van der Waals surface area contributed by atoms with Gasteiger partial charge in [-0.2, -0.15) is 0 Å². The number of hydrogen-bond acceptors (Lipinski definition) is 6. The Bertz CT molecular complexity index is 666. The number of nitrogens with two attached hydrogens (primary N) is 2. The van der Waals surface area contributed by atoms with Gasteiger partial charge in [-0.15, -0.1) is 11.3 Å². The summed E-state index contributed by atoms with van der Waals surface area (Å²) in [4.78, 5) is 4.94. The van der Waals surface area contributed by atoms with Crippen molar-refractivity contribution in [2.24, 2.45) is 5.14 Å². The van der Waals surface area contributed by atoms with Crippen LogP contribution in [-0.4, -0.2) is 13.4 Å². The van der Waals surface area contributed by atoms with E-state index in [2.05, 4.69) is 4.98 Å². The zero-order valence-corrected chi connectivity index (χ0v) is 11.9. The zero-order valence-electron chi connectivity index (χ0n) is 9.45. The van der Waals surface area contributed by atoms with Crippen molar-refractivity contribution in [3.63, 3.8) is 0 Å². The second-order valence-electron chi connectivity index (χ2n) is 3.59. The van der Waals surface area contributed by atoms with Gasteiger partial charge in [0.25, 0.3) is 0 Å². The highest BCUT2D eigenvalue weighted by atomic mass is 32.2. The molecule has 0 radical (unpaired) electrons. The molecule has 0 bridgehead atoms. The molecule has 0 aliphatic rings. The first kappa shape index (κ1) is 13.3. The van der Waals surface area contributed by atoms with Crippen LogP contribution in [0.1, 0.15) is 5.56 Å². The van der Waals surface area contributed by atoms with E-state index in [1.807, 2.05) is 5.38 Å². The molecule has 1 aromatic carbocycles. The summed E-state index contributed by atoms with van der Waals surface area (Å²) in [6.07, 6.45) is 1.69. The molecule has 0 atom stereocenters. The monoisotopic (exact) mass is 301 g/mol. The summed E-state index contributed by atoms with van der Waals surface area (Å²) >= 11 is 2.85. The number of nitrogens with zero attached hydrogens (tertiary/aromatic N) is 1. The third-order valence-electron chi connectivity index (χ3n) is 2.25. The van der Waals surface area contributed by atoms with E-state index in [1.54, 1.807) is 19.2 Å². The minimum atomic E-state index is -3.77. The summed E-state index contributed by atoms with van der Waals surface area (Å²) in [6.45, 7) is 1.70. The normalized spacial score (nSPS) is 11.7. The van der Waals surface area contributed by atoms with Crippen molar-refractivity contribution in [1.82, 2.24) is 4.98 Å². The van der Waals surface area contributed by atoms with Crippen LogP contribution in [0.2, 0.25) is 0 Å². The number of rotatable bonds is 3. The Morgan fingerprint density at radius 2 is 2.11 bits per heavy atom. The second kappa shape index (κ2) is 4.88. The number of anilines is 1. The maximum absolute atomic E-state index is 11.5. The van der Waals surface area contributed by atoms with Crippen LogP contribution in [0.4, 0.5) is 5.69 Å². The van der Waals surface area contributed by atoms with E-state index in [0.717, 1.165) is 9.24 Å². The van der Waals surface area contributed by atoms with Gasteiger partial charge < -0.3 is 5.73 Å². The Hall–Kier alpha value is -1.09. The molecule has 18 heavy (non-hydrogen) atoms. The minimum Gasteiger partial charge on any atom is -0.399 e. The average Bonchev–Trinajstić information content (AvgIpc) is 2.74. The molecule has 1 aromatic heterocycles. The Morgan fingerprint density at radius 3 is 2.67 bits per heavy atom. The van der Waals surface area contributed by atoms with Crippen molar-refractivity contribution >= 4 is 38.8 Å². The maximum atomic E-state index is 11.5. The molecule has 0 fully saturated rings. The predicted octanol–water partition coefficient (Wildman–Crippen LogP) is 1.83. The smallest absolute Gasteiger partial charge is 0.238 e. The zero-order chi connectivity index (χ0) is 13.3. The number of primary sulfonamides is 1. The molecule has 4 N–H and O–H groups in total. The lowest BCUT2D eigenvalue weighted by Crippen LogP contribution is -2.14. The highest BCUT2D eigenvalue weighted by Gasteiger charge is 2.16. The van der Waals surface area contributed by atoms with E-state index in [9.17, 15) is 8.42 Å². The van der Waals surface area contributed by atoms with Gasteiger partial charge in [0, 0.05) is 22.2 Å². The van der Waals surface area contributed by atoms with Crippen molar-refractivity contribution in [3.8, 4) is 0 Å². The fourth-order valence-electron chi connectivity index (χ4n) is 1.44. The molecule has 0 unspecified atom stereocenters. The summed E-state index contributed by atoms with van der Waals surface area (Å²) < 4.78 is 23.7. The number of thiazole rings is 1. The van der Waals surface area contributed by atoms with Crippen molar-refractivity contribution < 1.29 is 8.42 Å². The van der Waals surface area contributed by atoms with Gasteiger partial charge >= 0.3 is 0 Å². The van der Waals surface area contributed by atoms with Crippen molar-refractivity contribution in [3.05, 3.63) is 29.3 Å². The number of aromatic nitrogens is 1. The van der Waals surface area contributed by atoms with Gasteiger partial charge in [0.05, 0.1) is 4.90 Å². The highest BCUT2D eigenvalue weighted by molar-refractivity contribution is 8.01. The van der Waals surface area contributed by atoms with Gasteiger partial charge in [-0.1, -0.05) is 11.8 Å².